The second-order valence-corrected chi connectivity index (χ2v) is 13.3. The van der Waals surface area contributed by atoms with Crippen molar-refractivity contribution >= 4 is 11.9 Å². The van der Waals surface area contributed by atoms with E-state index in [1.54, 1.807) is 0 Å². The van der Waals surface area contributed by atoms with E-state index >= 15 is 0 Å². The monoisotopic (exact) mass is 756 g/mol. The maximum absolute atomic E-state index is 11.9. The minimum absolute atomic E-state index is 0.157. The van der Waals surface area contributed by atoms with Gasteiger partial charge in [0.2, 0.25) is 11.5 Å². The molecule has 18 nitrogen and oxygen atoms in total. The lowest BCUT2D eigenvalue weighted by molar-refractivity contribution is -0.376. The fourth-order valence-corrected chi connectivity index (χ4v) is 5.87. The van der Waals surface area contributed by atoms with Gasteiger partial charge in [0.1, 0.15) is 54.9 Å². The summed E-state index contributed by atoms with van der Waals surface area (Å²) in [4.78, 5) is 23.3. The standard InChI is InChI=1S/C22H38O7.C12H22O11/c1-2-3-4-5-6-7-8-9-10-11-12-13-14-15-18(25)28-21-19(26)22(27)29-20(21)17(24)16-23;13-1-3-5(15)7(17)9(19)11(21-3)23-12-10(20)8(18)6(16)4(2-14)22-12/h17,20,23-24,26H,2-16H2,1H3;3-20H,1-2H2/t17-,20+;3-,4-,5-,6-,7+,8+,9-,10-,11-,12-/m01/s1. The first-order valence-corrected chi connectivity index (χ1v) is 18.2. The predicted molar refractivity (Wildman–Crippen MR) is 178 cm³/mol. The fourth-order valence-electron chi connectivity index (χ4n) is 5.87. The highest BCUT2D eigenvalue weighted by Gasteiger charge is 2.49. The molecule has 3 rings (SSSR count). The first kappa shape index (κ1) is 46.1. The van der Waals surface area contributed by atoms with Gasteiger partial charge < -0.3 is 79.9 Å². The second-order valence-electron chi connectivity index (χ2n) is 13.3. The summed E-state index contributed by atoms with van der Waals surface area (Å²) < 4.78 is 25.0. The number of hydrogen-bond acceptors (Lipinski definition) is 18. The van der Waals surface area contributed by atoms with Crippen molar-refractivity contribution in [2.75, 3.05) is 19.8 Å². The molecule has 11 N–H and O–H groups in total. The minimum atomic E-state index is -1.72. The van der Waals surface area contributed by atoms with Gasteiger partial charge in [-0.2, -0.15) is 0 Å². The molecule has 0 spiro atoms. The van der Waals surface area contributed by atoms with Crippen molar-refractivity contribution in [3.63, 3.8) is 0 Å². The van der Waals surface area contributed by atoms with Crippen LogP contribution in [-0.2, 0) is 33.3 Å². The molecule has 3 aliphatic rings. The Balaban J connectivity index is 0.000000369. The van der Waals surface area contributed by atoms with Crippen molar-refractivity contribution in [2.45, 2.75) is 170 Å². The third-order valence-electron chi connectivity index (χ3n) is 9.13. The summed E-state index contributed by atoms with van der Waals surface area (Å²) >= 11 is 0. The van der Waals surface area contributed by atoms with Crippen LogP contribution in [0.25, 0.3) is 0 Å². The maximum atomic E-state index is 11.9. The summed E-state index contributed by atoms with van der Waals surface area (Å²) in [6.45, 7) is 0.210. The van der Waals surface area contributed by atoms with Gasteiger partial charge in [0.05, 0.1) is 19.8 Å². The Labute approximate surface area is 303 Å². The largest absolute Gasteiger partial charge is 0.499 e. The number of ether oxygens (including phenoxy) is 5. The highest BCUT2D eigenvalue weighted by atomic mass is 16.8. The summed E-state index contributed by atoms with van der Waals surface area (Å²) in [6, 6.07) is 0. The van der Waals surface area contributed by atoms with E-state index in [1.165, 1.54) is 57.8 Å². The molecular formula is C34H60O18. The smallest absolute Gasteiger partial charge is 0.378 e. The Morgan fingerprint density at radius 1 is 0.673 bits per heavy atom. The molecular weight excluding hydrogens is 696 g/mol. The zero-order valence-electron chi connectivity index (χ0n) is 29.7. The zero-order chi connectivity index (χ0) is 38.8. The van der Waals surface area contributed by atoms with Gasteiger partial charge in [-0.25, -0.2) is 4.79 Å². The van der Waals surface area contributed by atoms with Crippen molar-refractivity contribution < 1.29 is 89.4 Å². The van der Waals surface area contributed by atoms with Crippen LogP contribution in [0.5, 0.6) is 0 Å². The number of unbranched alkanes of at least 4 members (excludes halogenated alkanes) is 12. The lowest BCUT2D eigenvalue weighted by atomic mass is 9.98. The van der Waals surface area contributed by atoms with Crippen LogP contribution in [0.4, 0.5) is 0 Å². The summed E-state index contributed by atoms with van der Waals surface area (Å²) in [5.74, 6) is -2.92. The molecule has 52 heavy (non-hydrogen) atoms. The number of carbonyl (C=O) groups is 2. The van der Waals surface area contributed by atoms with Crippen molar-refractivity contribution in [1.82, 2.24) is 0 Å². The van der Waals surface area contributed by atoms with Crippen LogP contribution >= 0.6 is 0 Å². The predicted octanol–water partition coefficient (Wildman–Crippen LogP) is -1.34. The molecule has 18 heteroatoms. The summed E-state index contributed by atoms with van der Waals surface area (Å²) in [5, 5.41) is 105. The van der Waals surface area contributed by atoms with Crippen LogP contribution < -0.4 is 0 Å². The molecule has 0 aromatic carbocycles. The minimum Gasteiger partial charge on any atom is -0.499 e. The molecule has 304 valence electrons. The third kappa shape index (κ3) is 14.0. The van der Waals surface area contributed by atoms with E-state index in [9.17, 15) is 50.4 Å². The average molecular weight is 757 g/mol. The molecule has 0 aromatic heterocycles. The molecule has 2 saturated heterocycles. The highest BCUT2D eigenvalue weighted by Crippen LogP contribution is 2.28. The summed E-state index contributed by atoms with van der Waals surface area (Å²) in [5.41, 5.74) is 0. The maximum Gasteiger partial charge on any atom is 0.378 e. The van der Waals surface area contributed by atoms with Crippen LogP contribution in [0, 0.1) is 0 Å². The summed E-state index contributed by atoms with van der Waals surface area (Å²) in [7, 11) is 0. The van der Waals surface area contributed by atoms with Gasteiger partial charge in [-0.15, -0.1) is 0 Å². The number of aliphatic hydroxyl groups excluding tert-OH is 11. The lowest BCUT2D eigenvalue weighted by Gasteiger charge is -2.44. The Hall–Kier alpha value is -2.04. The van der Waals surface area contributed by atoms with E-state index in [1.807, 2.05) is 0 Å². The zero-order valence-corrected chi connectivity index (χ0v) is 29.7. The van der Waals surface area contributed by atoms with E-state index in [0.29, 0.717) is 6.42 Å². The van der Waals surface area contributed by atoms with Crippen LogP contribution in [0.2, 0.25) is 0 Å². The van der Waals surface area contributed by atoms with E-state index in [-0.39, 0.29) is 6.42 Å². The SMILES string of the molecule is CCCCCCCCCCCCCCCC(=O)OC1=C(O)C(=O)O[C@@H]1[C@@H](O)CO.OC[C@H]1O[C@H](O[C@H]2O[C@H](CO)[C@@H](O)[C@H](O)[C@H]2O)[C@H](O)[C@@H](O)[C@@H]1O. The lowest BCUT2D eigenvalue weighted by Crippen LogP contribution is -2.63. The van der Waals surface area contributed by atoms with Gasteiger partial charge in [0.25, 0.3) is 0 Å². The summed E-state index contributed by atoms with van der Waals surface area (Å²) in [6.07, 6.45) is -2.62. The first-order chi connectivity index (χ1) is 24.8. The Morgan fingerprint density at radius 3 is 1.50 bits per heavy atom. The average Bonchev–Trinajstić information content (AvgIpc) is 3.42. The molecule has 0 unspecified atom stereocenters. The van der Waals surface area contributed by atoms with Crippen LogP contribution in [0.15, 0.2) is 11.5 Å². The number of cyclic esters (lactones) is 1. The normalized spacial score (nSPS) is 32.6. The second kappa shape index (κ2) is 24.4. The molecule has 0 amide bonds. The molecule has 3 heterocycles. The van der Waals surface area contributed by atoms with Gasteiger partial charge in [0.15, 0.2) is 18.7 Å². The van der Waals surface area contributed by atoms with E-state index in [2.05, 4.69) is 6.92 Å². The Bertz CT molecular complexity index is 1020. The topological polar surface area (TPSA) is 303 Å². The van der Waals surface area contributed by atoms with E-state index in [4.69, 9.17) is 39.0 Å². The quantitative estimate of drug-likeness (QED) is 0.0477. The molecule has 0 aliphatic carbocycles. The third-order valence-corrected chi connectivity index (χ3v) is 9.13. The van der Waals surface area contributed by atoms with Gasteiger partial charge in [-0.3, -0.25) is 4.79 Å². The van der Waals surface area contributed by atoms with E-state index < -0.39 is 117 Å². The van der Waals surface area contributed by atoms with Gasteiger partial charge >= 0.3 is 11.9 Å². The molecule has 0 radical (unpaired) electrons. The molecule has 0 saturated carbocycles. The van der Waals surface area contributed by atoms with Crippen molar-refractivity contribution in [3.8, 4) is 0 Å². The Kier molecular flexibility index (Phi) is 21.6. The molecule has 0 aromatic rings. The van der Waals surface area contributed by atoms with Gasteiger partial charge in [-0.1, -0.05) is 84.0 Å². The van der Waals surface area contributed by atoms with Crippen molar-refractivity contribution in [3.05, 3.63) is 11.5 Å². The van der Waals surface area contributed by atoms with Crippen molar-refractivity contribution in [2.24, 2.45) is 0 Å². The number of carbonyl (C=O) groups excluding carboxylic acids is 2. The van der Waals surface area contributed by atoms with Crippen LogP contribution in [0.3, 0.4) is 0 Å². The molecule has 12 atom stereocenters. The molecule has 3 aliphatic heterocycles. The van der Waals surface area contributed by atoms with Gasteiger partial charge in [0, 0.05) is 6.42 Å². The number of aliphatic hydroxyl groups is 11. The number of rotatable bonds is 21. The van der Waals surface area contributed by atoms with Crippen molar-refractivity contribution in [1.29, 1.82) is 0 Å². The number of hydrogen-bond donors (Lipinski definition) is 11. The Morgan fingerprint density at radius 2 is 1.10 bits per heavy atom. The molecule has 0 bridgehead atoms. The van der Waals surface area contributed by atoms with Gasteiger partial charge in [-0.05, 0) is 6.42 Å². The highest BCUT2D eigenvalue weighted by molar-refractivity contribution is 5.90. The van der Waals surface area contributed by atoms with Crippen LogP contribution in [-0.4, -0.2) is 162 Å². The van der Waals surface area contributed by atoms with E-state index in [0.717, 1.165) is 19.3 Å². The number of esters is 2. The molecule has 2 fully saturated rings. The first-order valence-electron chi connectivity index (χ1n) is 18.2. The van der Waals surface area contributed by atoms with Crippen LogP contribution in [0.1, 0.15) is 96.8 Å². The fraction of sp³-hybridized carbons (Fsp3) is 0.882.